The van der Waals surface area contributed by atoms with Gasteiger partial charge in [-0.2, -0.15) is 0 Å². The van der Waals surface area contributed by atoms with Gasteiger partial charge in [-0.1, -0.05) is 0 Å². The lowest BCUT2D eigenvalue weighted by Gasteiger charge is -2.17. The predicted octanol–water partition coefficient (Wildman–Crippen LogP) is -0.627. The molecule has 2 aliphatic rings. The van der Waals surface area contributed by atoms with E-state index in [1.165, 1.54) is 0 Å². The fraction of sp³-hybridized carbons (Fsp3) is 0.364. The van der Waals surface area contributed by atoms with Gasteiger partial charge in [0.2, 0.25) is 11.8 Å². The lowest BCUT2D eigenvalue weighted by atomic mass is 10.00. The minimum Gasteiger partial charge on any atom is -0.397 e. The highest BCUT2D eigenvalue weighted by molar-refractivity contribution is 6.06. The van der Waals surface area contributed by atoms with Crippen molar-refractivity contribution in [2.45, 2.75) is 0 Å². The number of pyridine rings is 1. The van der Waals surface area contributed by atoms with Crippen molar-refractivity contribution < 1.29 is 9.59 Å². The fourth-order valence-corrected chi connectivity index (χ4v) is 2.41. The number of nitrogens with one attached hydrogen (secondary N) is 1. The second-order valence-electron chi connectivity index (χ2n) is 4.42. The van der Waals surface area contributed by atoms with E-state index in [9.17, 15) is 9.59 Å². The molecule has 0 saturated carbocycles. The van der Waals surface area contributed by atoms with Gasteiger partial charge < -0.3 is 10.6 Å². The van der Waals surface area contributed by atoms with Gasteiger partial charge in [-0.3, -0.25) is 14.9 Å². The summed E-state index contributed by atoms with van der Waals surface area (Å²) in [5, 5.41) is 2.35. The molecule has 6 nitrogen and oxygen atoms in total. The Morgan fingerprint density at radius 2 is 1.88 bits per heavy atom. The van der Waals surface area contributed by atoms with E-state index in [1.54, 1.807) is 18.3 Å². The van der Waals surface area contributed by atoms with Crippen LogP contribution >= 0.6 is 0 Å². The van der Waals surface area contributed by atoms with Crippen LogP contribution in [0.3, 0.4) is 0 Å². The number of fused-ring (bicyclic) bond motifs is 1. The standard InChI is InChI=1S/C11H12N4O2/c12-6-1-2-9(13-3-6)15-4-7-8(5-15)11(17)14-10(7)16/h1-3,7-8H,4-5,12H2,(H,14,16,17)/t7-,8-/m0/s1. The van der Waals surface area contributed by atoms with Gasteiger partial charge in [0, 0.05) is 13.1 Å². The monoisotopic (exact) mass is 232 g/mol. The number of nitrogens with two attached hydrogens (primary N) is 1. The molecule has 0 unspecified atom stereocenters. The molecule has 2 amide bonds. The normalized spacial score (nSPS) is 27.2. The van der Waals surface area contributed by atoms with Crippen LogP contribution in [0.2, 0.25) is 0 Å². The molecule has 3 heterocycles. The number of anilines is 2. The Kier molecular flexibility index (Phi) is 2.04. The molecule has 2 fully saturated rings. The number of nitrogen functional groups attached to an aromatic ring is 1. The average molecular weight is 232 g/mol. The van der Waals surface area contributed by atoms with Crippen LogP contribution < -0.4 is 16.0 Å². The minimum absolute atomic E-state index is 0.169. The van der Waals surface area contributed by atoms with Crippen LogP contribution in [0.5, 0.6) is 0 Å². The summed E-state index contributed by atoms with van der Waals surface area (Å²) < 4.78 is 0. The molecule has 1 aromatic rings. The van der Waals surface area contributed by atoms with Crippen LogP contribution in [0.25, 0.3) is 0 Å². The maximum Gasteiger partial charge on any atom is 0.232 e. The molecule has 3 rings (SSSR count). The van der Waals surface area contributed by atoms with Gasteiger partial charge in [-0.05, 0) is 12.1 Å². The average Bonchev–Trinajstić information content (AvgIpc) is 2.83. The van der Waals surface area contributed by atoms with Crippen LogP contribution in [0.4, 0.5) is 11.5 Å². The largest absolute Gasteiger partial charge is 0.397 e. The van der Waals surface area contributed by atoms with Gasteiger partial charge in [0.1, 0.15) is 5.82 Å². The maximum atomic E-state index is 11.5. The number of hydrogen-bond acceptors (Lipinski definition) is 5. The van der Waals surface area contributed by atoms with Gasteiger partial charge in [0.25, 0.3) is 0 Å². The molecule has 17 heavy (non-hydrogen) atoms. The number of nitrogens with zero attached hydrogens (tertiary/aromatic N) is 2. The van der Waals surface area contributed by atoms with Crippen molar-refractivity contribution in [3.8, 4) is 0 Å². The molecule has 6 heteroatoms. The SMILES string of the molecule is Nc1ccc(N2C[C@@H]3C(=O)NC(=O)[C@H]3C2)nc1. The van der Waals surface area contributed by atoms with Crippen molar-refractivity contribution in [3.63, 3.8) is 0 Å². The van der Waals surface area contributed by atoms with Crippen molar-refractivity contribution in [1.82, 2.24) is 10.3 Å². The summed E-state index contributed by atoms with van der Waals surface area (Å²) in [6, 6.07) is 3.57. The van der Waals surface area contributed by atoms with E-state index in [-0.39, 0.29) is 23.7 Å². The fourth-order valence-electron chi connectivity index (χ4n) is 2.41. The van der Waals surface area contributed by atoms with Gasteiger partial charge in [0.15, 0.2) is 0 Å². The molecule has 0 aromatic carbocycles. The van der Waals surface area contributed by atoms with E-state index in [1.807, 2.05) is 4.90 Å². The molecule has 2 saturated heterocycles. The lowest BCUT2D eigenvalue weighted by molar-refractivity contribution is -0.126. The van der Waals surface area contributed by atoms with Crippen molar-refractivity contribution in [2.75, 3.05) is 23.7 Å². The van der Waals surface area contributed by atoms with E-state index < -0.39 is 0 Å². The maximum absolute atomic E-state index is 11.5. The van der Waals surface area contributed by atoms with E-state index in [0.717, 1.165) is 5.82 Å². The smallest absolute Gasteiger partial charge is 0.232 e. The zero-order chi connectivity index (χ0) is 12.0. The topological polar surface area (TPSA) is 88.3 Å². The van der Waals surface area contributed by atoms with Gasteiger partial charge in [0.05, 0.1) is 23.7 Å². The number of amides is 2. The highest BCUT2D eigenvalue weighted by Gasteiger charge is 2.47. The molecule has 0 spiro atoms. The summed E-state index contributed by atoms with van der Waals surface area (Å²) >= 11 is 0. The second-order valence-corrected chi connectivity index (χ2v) is 4.42. The summed E-state index contributed by atoms with van der Waals surface area (Å²) in [5.74, 6) is -0.0474. The lowest BCUT2D eigenvalue weighted by Crippen LogP contribution is -2.31. The van der Waals surface area contributed by atoms with Gasteiger partial charge >= 0.3 is 0 Å². The van der Waals surface area contributed by atoms with Crippen LogP contribution in [0.15, 0.2) is 18.3 Å². The first-order chi connectivity index (χ1) is 8.15. The summed E-state index contributed by atoms with van der Waals surface area (Å²) in [5.41, 5.74) is 6.16. The minimum atomic E-state index is -0.234. The molecular weight excluding hydrogens is 220 g/mol. The molecule has 2 aliphatic heterocycles. The zero-order valence-electron chi connectivity index (χ0n) is 9.09. The number of aromatic nitrogens is 1. The highest BCUT2D eigenvalue weighted by atomic mass is 16.2. The van der Waals surface area contributed by atoms with Crippen LogP contribution in [0, 0.1) is 11.8 Å². The van der Waals surface area contributed by atoms with Gasteiger partial charge in [-0.25, -0.2) is 4.98 Å². The van der Waals surface area contributed by atoms with Crippen molar-refractivity contribution in [2.24, 2.45) is 11.8 Å². The molecule has 3 N–H and O–H groups in total. The second kappa shape index (κ2) is 3.44. The van der Waals surface area contributed by atoms with E-state index >= 15 is 0 Å². The summed E-state index contributed by atoms with van der Waals surface area (Å²) in [6.07, 6.45) is 1.57. The molecule has 88 valence electrons. The summed E-state index contributed by atoms with van der Waals surface area (Å²) in [7, 11) is 0. The Hall–Kier alpha value is -2.11. The van der Waals surface area contributed by atoms with Crippen LogP contribution in [0.1, 0.15) is 0 Å². The first-order valence-corrected chi connectivity index (χ1v) is 5.46. The Morgan fingerprint density at radius 3 is 2.41 bits per heavy atom. The quantitative estimate of drug-likeness (QED) is 0.629. The molecule has 0 bridgehead atoms. The Bertz CT molecular complexity index is 463. The molecular formula is C11H12N4O2. The van der Waals surface area contributed by atoms with Crippen molar-refractivity contribution >= 4 is 23.3 Å². The third kappa shape index (κ3) is 1.52. The summed E-state index contributed by atoms with van der Waals surface area (Å²) in [6.45, 7) is 1.08. The van der Waals surface area contributed by atoms with Crippen molar-refractivity contribution in [3.05, 3.63) is 18.3 Å². The molecule has 1 aromatic heterocycles. The Morgan fingerprint density at radius 1 is 1.24 bits per heavy atom. The van der Waals surface area contributed by atoms with E-state index in [4.69, 9.17) is 5.73 Å². The molecule has 0 radical (unpaired) electrons. The number of imide groups is 1. The number of carbonyl (C=O) groups excluding carboxylic acids is 2. The first-order valence-electron chi connectivity index (χ1n) is 5.46. The predicted molar refractivity (Wildman–Crippen MR) is 61.0 cm³/mol. The molecule has 2 atom stereocenters. The number of carbonyl (C=O) groups is 2. The number of rotatable bonds is 1. The van der Waals surface area contributed by atoms with Gasteiger partial charge in [-0.15, -0.1) is 0 Å². The third-order valence-electron chi connectivity index (χ3n) is 3.33. The Balaban J connectivity index is 1.83. The third-order valence-corrected chi connectivity index (χ3v) is 3.33. The Labute approximate surface area is 97.8 Å². The first kappa shape index (κ1) is 10.1. The summed E-state index contributed by atoms with van der Waals surface area (Å²) in [4.78, 5) is 29.1. The number of hydrogen-bond donors (Lipinski definition) is 2. The highest BCUT2D eigenvalue weighted by Crippen LogP contribution is 2.30. The zero-order valence-corrected chi connectivity index (χ0v) is 9.09. The van der Waals surface area contributed by atoms with Crippen LogP contribution in [-0.2, 0) is 9.59 Å². The van der Waals surface area contributed by atoms with E-state index in [2.05, 4.69) is 10.3 Å². The van der Waals surface area contributed by atoms with Crippen molar-refractivity contribution in [1.29, 1.82) is 0 Å². The van der Waals surface area contributed by atoms with E-state index in [0.29, 0.717) is 18.8 Å². The molecule has 0 aliphatic carbocycles. The van der Waals surface area contributed by atoms with Crippen LogP contribution in [-0.4, -0.2) is 29.9 Å².